The Morgan fingerprint density at radius 3 is 2.91 bits per heavy atom. The molecule has 0 amide bonds. The third-order valence-electron chi connectivity index (χ3n) is 4.36. The minimum Gasteiger partial charge on any atom is -0.478 e. The Morgan fingerprint density at radius 2 is 2.22 bits per heavy atom. The highest BCUT2D eigenvalue weighted by Crippen LogP contribution is 2.28. The van der Waals surface area contributed by atoms with E-state index < -0.39 is 5.97 Å². The number of hydrogen-bond donors (Lipinski definition) is 1. The van der Waals surface area contributed by atoms with Crippen molar-refractivity contribution in [2.24, 2.45) is 0 Å². The van der Waals surface area contributed by atoms with Gasteiger partial charge in [-0.25, -0.2) is 4.79 Å². The summed E-state index contributed by atoms with van der Waals surface area (Å²) in [6, 6.07) is 6.04. The molecule has 1 saturated heterocycles. The van der Waals surface area contributed by atoms with Crippen molar-refractivity contribution in [1.29, 1.82) is 0 Å². The van der Waals surface area contributed by atoms with Crippen LogP contribution in [0, 0.1) is 0 Å². The van der Waals surface area contributed by atoms with Gasteiger partial charge in [0.1, 0.15) is 5.52 Å². The number of para-hydroxylation sites is 1. The average molecular weight is 315 g/mol. The van der Waals surface area contributed by atoms with E-state index in [4.69, 9.17) is 4.42 Å². The first-order valence-corrected chi connectivity index (χ1v) is 7.75. The van der Waals surface area contributed by atoms with Gasteiger partial charge >= 0.3 is 5.97 Å². The lowest BCUT2D eigenvalue weighted by atomic mass is 10.1. The fraction of sp³-hybridized carbons (Fsp3) is 0.412. The van der Waals surface area contributed by atoms with Crippen LogP contribution in [0.1, 0.15) is 24.2 Å². The summed E-state index contributed by atoms with van der Waals surface area (Å²) in [5, 5.41) is 9.28. The van der Waals surface area contributed by atoms with E-state index in [1.165, 1.54) is 0 Å². The highest BCUT2D eigenvalue weighted by atomic mass is 16.4. The molecule has 3 rings (SSSR count). The van der Waals surface area contributed by atoms with Crippen molar-refractivity contribution in [3.63, 3.8) is 0 Å². The van der Waals surface area contributed by atoms with E-state index in [-0.39, 0.29) is 11.6 Å². The number of carboxylic acids is 1. The summed E-state index contributed by atoms with van der Waals surface area (Å²) in [5.74, 6) is -0.993. The van der Waals surface area contributed by atoms with Crippen LogP contribution in [-0.2, 0) is 0 Å². The van der Waals surface area contributed by atoms with Gasteiger partial charge in [-0.3, -0.25) is 4.90 Å². The van der Waals surface area contributed by atoms with Crippen molar-refractivity contribution in [1.82, 2.24) is 9.88 Å². The molecule has 0 aliphatic carbocycles. The summed E-state index contributed by atoms with van der Waals surface area (Å²) in [4.78, 5) is 20.2. The predicted molar refractivity (Wildman–Crippen MR) is 89.0 cm³/mol. The maximum Gasteiger partial charge on any atom is 0.338 e. The second-order valence-electron chi connectivity index (χ2n) is 6.05. The van der Waals surface area contributed by atoms with Crippen molar-refractivity contribution >= 4 is 23.1 Å². The number of piperazine rings is 1. The van der Waals surface area contributed by atoms with Gasteiger partial charge in [0.05, 0.1) is 5.56 Å². The molecule has 0 unspecified atom stereocenters. The Hall–Kier alpha value is -2.34. The summed E-state index contributed by atoms with van der Waals surface area (Å²) in [6.45, 7) is 10.6. The monoisotopic (exact) mass is 315 g/mol. The summed E-state index contributed by atoms with van der Waals surface area (Å²) in [5.41, 5.74) is 1.08. The van der Waals surface area contributed by atoms with Crippen LogP contribution in [0.2, 0.25) is 0 Å². The van der Waals surface area contributed by atoms with Crippen LogP contribution < -0.4 is 4.90 Å². The van der Waals surface area contributed by atoms with Gasteiger partial charge in [0.15, 0.2) is 5.58 Å². The Kier molecular flexibility index (Phi) is 4.09. The number of hydrogen-bond acceptors (Lipinski definition) is 5. The Balaban J connectivity index is 1.93. The van der Waals surface area contributed by atoms with Gasteiger partial charge in [-0.05, 0) is 26.0 Å². The van der Waals surface area contributed by atoms with Gasteiger partial charge in [-0.15, -0.1) is 6.58 Å². The standard InChI is InChI=1S/C17H21N3O3/c1-4-8-19-9-12(3)20(10-11(19)2)17-18-15-13(16(21)22)6-5-7-14(15)23-17/h4-7,11-12H,1,8-10H2,2-3H3,(H,21,22)/t11-,12+/m0/s1. The zero-order chi connectivity index (χ0) is 16.6. The van der Waals surface area contributed by atoms with Crippen LogP contribution in [-0.4, -0.2) is 52.7 Å². The molecular weight excluding hydrogens is 294 g/mol. The average Bonchev–Trinajstić information content (AvgIpc) is 2.94. The van der Waals surface area contributed by atoms with E-state index in [9.17, 15) is 9.90 Å². The van der Waals surface area contributed by atoms with E-state index in [1.807, 2.05) is 6.08 Å². The molecule has 1 aliphatic heterocycles. The van der Waals surface area contributed by atoms with Gasteiger partial charge in [-0.1, -0.05) is 12.1 Å². The molecule has 6 nitrogen and oxygen atoms in total. The molecule has 0 bridgehead atoms. The first-order valence-electron chi connectivity index (χ1n) is 7.75. The van der Waals surface area contributed by atoms with E-state index >= 15 is 0 Å². The lowest BCUT2D eigenvalue weighted by Crippen LogP contribution is -2.56. The topological polar surface area (TPSA) is 69.8 Å². The van der Waals surface area contributed by atoms with Crippen LogP contribution in [0.3, 0.4) is 0 Å². The Bertz CT molecular complexity index is 740. The number of fused-ring (bicyclic) bond motifs is 1. The molecule has 1 fully saturated rings. The number of oxazole rings is 1. The number of nitrogens with zero attached hydrogens (tertiary/aromatic N) is 3. The summed E-state index contributed by atoms with van der Waals surface area (Å²) in [7, 11) is 0. The van der Waals surface area contributed by atoms with Crippen LogP contribution in [0.25, 0.3) is 11.1 Å². The maximum absolute atomic E-state index is 11.3. The first kappa shape index (κ1) is 15.6. The number of carboxylic acid groups (broad SMARTS) is 1. The summed E-state index contributed by atoms with van der Waals surface area (Å²) < 4.78 is 5.83. The zero-order valence-corrected chi connectivity index (χ0v) is 13.4. The molecule has 2 aromatic rings. The van der Waals surface area contributed by atoms with Crippen LogP contribution in [0.4, 0.5) is 6.01 Å². The van der Waals surface area contributed by atoms with Crippen LogP contribution in [0.5, 0.6) is 0 Å². The lowest BCUT2D eigenvalue weighted by molar-refractivity contribution is 0.0699. The molecule has 0 saturated carbocycles. The largest absolute Gasteiger partial charge is 0.478 e. The Labute approximate surface area is 135 Å². The highest BCUT2D eigenvalue weighted by Gasteiger charge is 2.31. The molecule has 23 heavy (non-hydrogen) atoms. The number of anilines is 1. The fourth-order valence-corrected chi connectivity index (χ4v) is 3.12. The van der Waals surface area contributed by atoms with Crippen molar-refractivity contribution in [3.05, 3.63) is 36.4 Å². The molecule has 0 radical (unpaired) electrons. The molecular formula is C17H21N3O3. The van der Waals surface area contributed by atoms with Gasteiger partial charge < -0.3 is 14.4 Å². The summed E-state index contributed by atoms with van der Waals surface area (Å²) >= 11 is 0. The molecule has 1 aromatic heterocycles. The number of aromatic carboxylic acids is 1. The summed E-state index contributed by atoms with van der Waals surface area (Å²) in [6.07, 6.45) is 1.91. The second-order valence-corrected chi connectivity index (χ2v) is 6.05. The molecule has 1 N–H and O–H groups in total. The van der Waals surface area contributed by atoms with Gasteiger partial charge in [0.2, 0.25) is 0 Å². The number of benzene rings is 1. The minimum absolute atomic E-state index is 0.170. The van der Waals surface area contributed by atoms with Crippen molar-refractivity contribution in [2.45, 2.75) is 25.9 Å². The maximum atomic E-state index is 11.3. The van der Waals surface area contributed by atoms with Crippen molar-refractivity contribution in [3.8, 4) is 0 Å². The van der Waals surface area contributed by atoms with E-state index in [0.29, 0.717) is 23.2 Å². The third-order valence-corrected chi connectivity index (χ3v) is 4.36. The van der Waals surface area contributed by atoms with Crippen LogP contribution >= 0.6 is 0 Å². The number of rotatable bonds is 4. The molecule has 122 valence electrons. The lowest BCUT2D eigenvalue weighted by Gasteiger charge is -2.43. The quantitative estimate of drug-likeness (QED) is 0.875. The number of carbonyl (C=O) groups is 1. The van der Waals surface area contributed by atoms with Gasteiger partial charge in [0.25, 0.3) is 6.01 Å². The van der Waals surface area contributed by atoms with E-state index in [1.54, 1.807) is 18.2 Å². The van der Waals surface area contributed by atoms with E-state index in [2.05, 4.69) is 35.2 Å². The number of aromatic nitrogens is 1. The van der Waals surface area contributed by atoms with Crippen molar-refractivity contribution < 1.29 is 14.3 Å². The predicted octanol–water partition coefficient (Wildman–Crippen LogP) is 2.61. The Morgan fingerprint density at radius 1 is 1.43 bits per heavy atom. The smallest absolute Gasteiger partial charge is 0.338 e. The minimum atomic E-state index is -0.993. The normalized spacial score (nSPS) is 22.4. The fourth-order valence-electron chi connectivity index (χ4n) is 3.12. The van der Waals surface area contributed by atoms with Crippen molar-refractivity contribution in [2.75, 3.05) is 24.5 Å². The van der Waals surface area contributed by atoms with E-state index in [0.717, 1.165) is 19.6 Å². The first-order chi connectivity index (χ1) is 11.0. The van der Waals surface area contributed by atoms with Gasteiger partial charge in [-0.2, -0.15) is 4.98 Å². The molecule has 2 heterocycles. The second kappa shape index (κ2) is 6.04. The molecule has 1 aromatic carbocycles. The molecule has 0 spiro atoms. The highest BCUT2D eigenvalue weighted by molar-refractivity contribution is 6.00. The third kappa shape index (κ3) is 2.82. The zero-order valence-electron chi connectivity index (χ0n) is 13.4. The molecule has 6 heteroatoms. The van der Waals surface area contributed by atoms with Gasteiger partial charge in [0, 0.05) is 31.7 Å². The van der Waals surface area contributed by atoms with Crippen LogP contribution in [0.15, 0.2) is 35.3 Å². The molecule has 2 atom stereocenters. The SMILES string of the molecule is C=CCN1C[C@@H](C)N(c2nc3c(C(=O)O)cccc3o2)C[C@@H]1C. The molecule has 1 aliphatic rings.